The van der Waals surface area contributed by atoms with Crippen LogP contribution in [0.2, 0.25) is 0 Å². The van der Waals surface area contributed by atoms with Gasteiger partial charge in [-0.2, -0.15) is 0 Å². The molecule has 27 heavy (non-hydrogen) atoms. The molecule has 5 nitrogen and oxygen atoms in total. The fourth-order valence-corrected chi connectivity index (χ4v) is 3.29. The van der Waals surface area contributed by atoms with Gasteiger partial charge in [-0.3, -0.25) is 14.0 Å². The maximum absolute atomic E-state index is 12.9. The van der Waals surface area contributed by atoms with Crippen molar-refractivity contribution >= 4 is 22.3 Å². The topological polar surface area (TPSA) is 54.7 Å². The number of nitrogens with zero attached hydrogens (tertiary/aromatic N) is 3. The smallest absolute Gasteiger partial charge is 0.270 e. The Morgan fingerprint density at radius 1 is 1.07 bits per heavy atom. The summed E-state index contributed by atoms with van der Waals surface area (Å²) in [6.45, 7) is 2.31. The van der Waals surface area contributed by atoms with E-state index in [1.165, 1.54) is 10.6 Å². The average molecular weight is 357 g/mol. The predicted molar refractivity (Wildman–Crippen MR) is 106 cm³/mol. The number of aromatic nitrogens is 2. The number of amides is 1. The van der Waals surface area contributed by atoms with E-state index in [4.69, 9.17) is 0 Å². The zero-order valence-corrected chi connectivity index (χ0v) is 15.2. The summed E-state index contributed by atoms with van der Waals surface area (Å²) in [7, 11) is 1.70. The van der Waals surface area contributed by atoms with Crippen LogP contribution in [0.4, 0.5) is 0 Å². The number of hydrogen-bond donors (Lipinski definition) is 0. The molecule has 0 radical (unpaired) electrons. The zero-order valence-electron chi connectivity index (χ0n) is 15.2. The highest BCUT2D eigenvalue weighted by molar-refractivity contribution is 5.94. The predicted octanol–water partition coefficient (Wildman–Crippen LogP) is 3.43. The number of aryl methyl sites for hydroxylation is 1. The molecule has 4 aromatic rings. The second kappa shape index (κ2) is 6.68. The first kappa shape index (κ1) is 17.0. The van der Waals surface area contributed by atoms with E-state index in [1.54, 1.807) is 24.2 Å². The van der Waals surface area contributed by atoms with Gasteiger partial charge < -0.3 is 4.90 Å². The number of hydrogen-bond acceptors (Lipinski definition) is 3. The van der Waals surface area contributed by atoms with Crippen molar-refractivity contribution in [2.75, 3.05) is 7.05 Å². The summed E-state index contributed by atoms with van der Waals surface area (Å²) in [4.78, 5) is 31.5. The van der Waals surface area contributed by atoms with Crippen molar-refractivity contribution in [2.24, 2.45) is 0 Å². The maximum Gasteiger partial charge on any atom is 0.270 e. The molecule has 0 unspecified atom stereocenters. The second-order valence-electron chi connectivity index (χ2n) is 6.71. The van der Waals surface area contributed by atoms with E-state index >= 15 is 0 Å². The van der Waals surface area contributed by atoms with E-state index in [-0.39, 0.29) is 17.0 Å². The maximum atomic E-state index is 12.9. The average Bonchev–Trinajstić information content (AvgIpc) is 2.68. The minimum absolute atomic E-state index is 0.0702. The molecule has 2 heterocycles. The van der Waals surface area contributed by atoms with Gasteiger partial charge in [0, 0.05) is 26.0 Å². The fraction of sp³-hybridized carbons (Fsp3) is 0.136. The molecule has 0 fully saturated rings. The Labute approximate surface area is 156 Å². The van der Waals surface area contributed by atoms with Crippen molar-refractivity contribution in [3.8, 4) is 0 Å². The number of rotatable bonds is 3. The number of fused-ring (bicyclic) bond motifs is 2. The van der Waals surface area contributed by atoms with Gasteiger partial charge in [-0.1, -0.05) is 48.5 Å². The molecule has 2 aromatic carbocycles. The molecule has 0 atom stereocenters. The lowest BCUT2D eigenvalue weighted by molar-refractivity contribution is 0.0783. The Morgan fingerprint density at radius 3 is 2.70 bits per heavy atom. The molecule has 0 bridgehead atoms. The van der Waals surface area contributed by atoms with Crippen LogP contribution < -0.4 is 5.56 Å². The van der Waals surface area contributed by atoms with Gasteiger partial charge >= 0.3 is 0 Å². The van der Waals surface area contributed by atoms with Gasteiger partial charge in [0.15, 0.2) is 0 Å². The number of carbonyl (C=O) groups excluding carboxylic acids is 1. The van der Waals surface area contributed by atoms with Crippen molar-refractivity contribution in [3.05, 3.63) is 94.0 Å². The van der Waals surface area contributed by atoms with Crippen LogP contribution in [0, 0.1) is 6.92 Å². The third kappa shape index (κ3) is 3.08. The van der Waals surface area contributed by atoms with Gasteiger partial charge in [0.1, 0.15) is 11.2 Å². The lowest BCUT2D eigenvalue weighted by Gasteiger charge is -2.18. The van der Waals surface area contributed by atoms with Gasteiger partial charge in [-0.15, -0.1) is 0 Å². The quantitative estimate of drug-likeness (QED) is 0.564. The van der Waals surface area contributed by atoms with E-state index in [2.05, 4.69) is 4.98 Å². The minimum atomic E-state index is -0.349. The monoisotopic (exact) mass is 357 g/mol. The van der Waals surface area contributed by atoms with Gasteiger partial charge in [0.2, 0.25) is 0 Å². The first-order valence-corrected chi connectivity index (χ1v) is 8.75. The molecule has 134 valence electrons. The van der Waals surface area contributed by atoms with Crippen LogP contribution in [0.1, 0.15) is 21.5 Å². The Morgan fingerprint density at radius 2 is 1.85 bits per heavy atom. The van der Waals surface area contributed by atoms with Crippen molar-refractivity contribution in [3.63, 3.8) is 0 Å². The SMILES string of the molecule is Cc1ccc2ncc(C(=O)N(C)Cc3cccc4ccccc34)c(=O)n2c1. The molecular formula is C22H19N3O2. The van der Waals surface area contributed by atoms with Crippen molar-refractivity contribution in [2.45, 2.75) is 13.5 Å². The van der Waals surface area contributed by atoms with E-state index in [0.717, 1.165) is 21.9 Å². The van der Waals surface area contributed by atoms with Crippen LogP contribution in [0.15, 0.2) is 71.8 Å². The summed E-state index contributed by atoms with van der Waals surface area (Å²) < 4.78 is 1.42. The van der Waals surface area contributed by atoms with Crippen molar-refractivity contribution in [1.29, 1.82) is 0 Å². The van der Waals surface area contributed by atoms with E-state index in [9.17, 15) is 9.59 Å². The molecule has 5 heteroatoms. The molecule has 0 saturated carbocycles. The molecule has 1 amide bonds. The first-order chi connectivity index (χ1) is 13.0. The third-order valence-electron chi connectivity index (χ3n) is 4.71. The molecular weight excluding hydrogens is 338 g/mol. The molecule has 4 rings (SSSR count). The van der Waals surface area contributed by atoms with Crippen molar-refractivity contribution < 1.29 is 4.79 Å². The Bertz CT molecular complexity index is 1220. The number of pyridine rings is 1. The molecule has 0 aliphatic carbocycles. The summed E-state index contributed by atoms with van der Waals surface area (Å²) in [6, 6.07) is 17.7. The van der Waals surface area contributed by atoms with Crippen LogP contribution in [-0.4, -0.2) is 27.2 Å². The van der Waals surface area contributed by atoms with Gasteiger partial charge in [-0.05, 0) is 34.9 Å². The second-order valence-corrected chi connectivity index (χ2v) is 6.71. The van der Waals surface area contributed by atoms with Gasteiger partial charge in [-0.25, -0.2) is 4.98 Å². The Kier molecular flexibility index (Phi) is 4.20. The van der Waals surface area contributed by atoms with Crippen molar-refractivity contribution in [1.82, 2.24) is 14.3 Å². The fourth-order valence-electron chi connectivity index (χ4n) is 3.29. The molecule has 0 aliphatic heterocycles. The molecule has 0 spiro atoms. The van der Waals surface area contributed by atoms with E-state index < -0.39 is 0 Å². The highest BCUT2D eigenvalue weighted by Crippen LogP contribution is 2.20. The zero-order chi connectivity index (χ0) is 19.0. The molecule has 2 aromatic heterocycles. The first-order valence-electron chi connectivity index (χ1n) is 8.75. The molecule has 0 N–H and O–H groups in total. The Hall–Kier alpha value is -3.47. The van der Waals surface area contributed by atoms with Gasteiger partial charge in [0.05, 0.1) is 0 Å². The van der Waals surface area contributed by atoms with Gasteiger partial charge in [0.25, 0.3) is 11.5 Å². The minimum Gasteiger partial charge on any atom is -0.337 e. The van der Waals surface area contributed by atoms with E-state index in [0.29, 0.717) is 12.2 Å². The van der Waals surface area contributed by atoms with Crippen LogP contribution in [0.5, 0.6) is 0 Å². The normalized spacial score (nSPS) is 11.0. The highest BCUT2D eigenvalue weighted by Gasteiger charge is 2.18. The van der Waals surface area contributed by atoms with Crippen LogP contribution in [0.25, 0.3) is 16.4 Å². The lowest BCUT2D eigenvalue weighted by Crippen LogP contribution is -2.33. The summed E-state index contributed by atoms with van der Waals surface area (Å²) >= 11 is 0. The molecule has 0 aliphatic rings. The number of benzene rings is 2. The van der Waals surface area contributed by atoms with E-state index in [1.807, 2.05) is 55.5 Å². The van der Waals surface area contributed by atoms with Crippen LogP contribution >= 0.6 is 0 Å². The molecule has 0 saturated heterocycles. The standard InChI is InChI=1S/C22H19N3O2/c1-15-10-11-20-23-12-19(22(27)25(20)13-15)21(26)24(2)14-17-8-5-7-16-6-3-4-9-18(16)17/h3-13H,14H2,1-2H3. The largest absolute Gasteiger partial charge is 0.337 e. The third-order valence-corrected chi connectivity index (χ3v) is 4.71. The summed E-state index contributed by atoms with van der Waals surface area (Å²) in [5.41, 5.74) is 2.21. The Balaban J connectivity index is 1.69. The van der Waals surface area contributed by atoms with Crippen LogP contribution in [0.3, 0.4) is 0 Å². The number of carbonyl (C=O) groups is 1. The summed E-state index contributed by atoms with van der Waals surface area (Å²) in [5.74, 6) is -0.337. The highest BCUT2D eigenvalue weighted by atomic mass is 16.2. The summed E-state index contributed by atoms with van der Waals surface area (Å²) in [5, 5.41) is 2.22. The lowest BCUT2D eigenvalue weighted by atomic mass is 10.0. The van der Waals surface area contributed by atoms with Crippen LogP contribution in [-0.2, 0) is 6.54 Å². The summed E-state index contributed by atoms with van der Waals surface area (Å²) in [6.07, 6.45) is 3.07.